The number of benzene rings is 3. The molecule has 2 heterocycles. The van der Waals surface area contributed by atoms with Crippen LogP contribution in [0.1, 0.15) is 15.9 Å². The average molecular weight is 462 g/mol. The van der Waals surface area contributed by atoms with Crippen LogP contribution in [0.2, 0.25) is 0 Å². The van der Waals surface area contributed by atoms with Gasteiger partial charge in [-0.15, -0.1) is 11.3 Å². The monoisotopic (exact) mass is 461 g/mol. The zero-order chi connectivity index (χ0) is 22.5. The molecule has 3 aromatic carbocycles. The molecule has 5 rings (SSSR count). The lowest BCUT2D eigenvalue weighted by atomic mass is 10.1. The second-order valence-electron chi connectivity index (χ2n) is 7.53. The number of rotatable bonds is 4. The molecule has 7 heteroatoms. The molecule has 5 aromatic rings. The van der Waals surface area contributed by atoms with Crippen molar-refractivity contribution < 1.29 is 17.9 Å². The number of fused-ring (bicyclic) bond motifs is 2. The first-order chi connectivity index (χ1) is 15.4. The molecule has 0 radical (unpaired) electrons. The summed E-state index contributed by atoms with van der Waals surface area (Å²) in [5, 5.41) is 1.76. The van der Waals surface area contributed by atoms with Gasteiger partial charge in [0.15, 0.2) is 0 Å². The lowest BCUT2D eigenvalue weighted by Crippen LogP contribution is -2.12. The van der Waals surface area contributed by atoms with E-state index in [-0.39, 0.29) is 4.90 Å². The minimum atomic E-state index is -3.83. The third-order valence-electron chi connectivity index (χ3n) is 5.46. The first-order valence-electron chi connectivity index (χ1n) is 9.93. The van der Waals surface area contributed by atoms with Gasteiger partial charge in [-0.25, -0.2) is 17.2 Å². The van der Waals surface area contributed by atoms with E-state index in [0.29, 0.717) is 16.5 Å². The summed E-state index contributed by atoms with van der Waals surface area (Å²) in [6, 6.07) is 21.8. The van der Waals surface area contributed by atoms with Gasteiger partial charge in [-0.05, 0) is 54.8 Å². The highest BCUT2D eigenvalue weighted by molar-refractivity contribution is 7.90. The summed E-state index contributed by atoms with van der Waals surface area (Å²) in [6.45, 7) is 1.91. The summed E-state index contributed by atoms with van der Waals surface area (Å²) in [7, 11) is -2.51. The van der Waals surface area contributed by atoms with Crippen LogP contribution in [0.25, 0.3) is 31.4 Å². The minimum Gasteiger partial charge on any atom is -0.465 e. The van der Waals surface area contributed by atoms with Crippen LogP contribution in [0, 0.1) is 6.92 Å². The number of aromatic nitrogens is 1. The maximum atomic E-state index is 13.5. The minimum absolute atomic E-state index is 0.208. The number of hydrogen-bond donors (Lipinski definition) is 0. The molecule has 0 unspecified atom stereocenters. The van der Waals surface area contributed by atoms with Gasteiger partial charge in [-0.1, -0.05) is 35.9 Å². The first-order valence-corrected chi connectivity index (χ1v) is 12.2. The quantitative estimate of drug-likeness (QED) is 0.315. The third kappa shape index (κ3) is 3.30. The largest absolute Gasteiger partial charge is 0.465 e. The van der Waals surface area contributed by atoms with Gasteiger partial charge in [0.05, 0.1) is 23.1 Å². The topological polar surface area (TPSA) is 65.4 Å². The van der Waals surface area contributed by atoms with Gasteiger partial charge in [-0.2, -0.15) is 0 Å². The Morgan fingerprint density at radius 3 is 2.44 bits per heavy atom. The number of methoxy groups -OCH3 is 1. The van der Waals surface area contributed by atoms with Crippen molar-refractivity contribution in [1.82, 2.24) is 3.97 Å². The Kier molecular flexibility index (Phi) is 4.87. The van der Waals surface area contributed by atoms with E-state index in [1.54, 1.807) is 60.0 Å². The summed E-state index contributed by atoms with van der Waals surface area (Å²) in [6.07, 6.45) is 1.64. The number of nitrogens with zero attached hydrogens (tertiary/aromatic N) is 1. The van der Waals surface area contributed by atoms with E-state index in [1.165, 1.54) is 11.1 Å². The Morgan fingerprint density at radius 1 is 0.969 bits per heavy atom. The van der Waals surface area contributed by atoms with Crippen molar-refractivity contribution in [2.45, 2.75) is 11.8 Å². The highest BCUT2D eigenvalue weighted by Crippen LogP contribution is 2.39. The van der Waals surface area contributed by atoms with E-state index in [2.05, 4.69) is 0 Å². The fourth-order valence-corrected chi connectivity index (χ4v) is 6.24. The van der Waals surface area contributed by atoms with E-state index in [4.69, 9.17) is 4.74 Å². The summed E-state index contributed by atoms with van der Waals surface area (Å²) in [4.78, 5) is 13.3. The normalized spacial score (nSPS) is 11.8. The highest BCUT2D eigenvalue weighted by atomic mass is 32.2. The molecule has 5 nitrogen and oxygen atoms in total. The Balaban J connectivity index is 1.79. The van der Waals surface area contributed by atoms with Gasteiger partial charge >= 0.3 is 5.97 Å². The standard InChI is InChI=1S/C25H19NO4S2/c1-16-7-10-19(11-8-16)32(28,29)26-15-21(24-14-17-5-3-4-6-23(17)31-24)20-13-18(25(27)30-2)9-12-22(20)26/h3-15H,1-2H3. The smallest absolute Gasteiger partial charge is 0.337 e. The van der Waals surface area contributed by atoms with Crippen LogP contribution in [0.5, 0.6) is 0 Å². The second kappa shape index (κ2) is 7.62. The van der Waals surface area contributed by atoms with Crippen molar-refractivity contribution >= 4 is 48.3 Å². The zero-order valence-electron chi connectivity index (χ0n) is 17.4. The Morgan fingerprint density at radius 2 is 1.72 bits per heavy atom. The van der Waals surface area contributed by atoms with Crippen molar-refractivity contribution in [3.8, 4) is 10.4 Å². The fraction of sp³-hybridized carbons (Fsp3) is 0.0800. The molecule has 0 spiro atoms. The fourth-order valence-electron chi connectivity index (χ4n) is 3.78. The van der Waals surface area contributed by atoms with Crippen LogP contribution in [-0.4, -0.2) is 25.5 Å². The molecule has 0 saturated heterocycles. The van der Waals surface area contributed by atoms with Gasteiger partial charge in [0.2, 0.25) is 0 Å². The van der Waals surface area contributed by atoms with Gasteiger partial charge in [0.1, 0.15) is 0 Å². The molecule has 0 fully saturated rings. The Bertz CT molecular complexity index is 1560. The van der Waals surface area contributed by atoms with E-state index in [9.17, 15) is 13.2 Å². The number of thiophene rings is 1. The Hall–Kier alpha value is -3.42. The number of carbonyl (C=O) groups is 1. The summed E-state index contributed by atoms with van der Waals surface area (Å²) < 4.78 is 34.3. The number of ether oxygens (including phenoxy) is 1. The van der Waals surface area contributed by atoms with Crippen LogP contribution in [0.3, 0.4) is 0 Å². The van der Waals surface area contributed by atoms with Crippen LogP contribution in [0.15, 0.2) is 83.9 Å². The van der Waals surface area contributed by atoms with Crippen LogP contribution in [0.4, 0.5) is 0 Å². The highest BCUT2D eigenvalue weighted by Gasteiger charge is 2.23. The van der Waals surface area contributed by atoms with E-state index >= 15 is 0 Å². The first kappa shape index (κ1) is 20.5. The van der Waals surface area contributed by atoms with E-state index in [0.717, 1.165) is 26.1 Å². The predicted octanol–water partition coefficient (Wildman–Crippen LogP) is 5.86. The number of hydrogen-bond acceptors (Lipinski definition) is 5. The number of carbonyl (C=O) groups excluding carboxylic acids is 1. The van der Waals surface area contributed by atoms with E-state index in [1.807, 2.05) is 37.3 Å². The molecule has 32 heavy (non-hydrogen) atoms. The SMILES string of the molecule is COC(=O)c1ccc2c(c1)c(-c1cc3ccccc3s1)cn2S(=O)(=O)c1ccc(C)cc1. The molecular weight excluding hydrogens is 442 g/mol. The van der Waals surface area contributed by atoms with Gasteiger partial charge in [-0.3, -0.25) is 0 Å². The van der Waals surface area contributed by atoms with Crippen LogP contribution >= 0.6 is 11.3 Å². The lowest BCUT2D eigenvalue weighted by molar-refractivity contribution is 0.0601. The molecule has 0 aliphatic rings. The van der Waals surface area contributed by atoms with Crippen molar-refractivity contribution in [3.05, 3.63) is 90.1 Å². The lowest BCUT2D eigenvalue weighted by Gasteiger charge is -2.08. The molecule has 160 valence electrons. The van der Waals surface area contributed by atoms with Crippen molar-refractivity contribution in [2.75, 3.05) is 7.11 Å². The third-order valence-corrected chi connectivity index (χ3v) is 8.30. The molecule has 0 aliphatic carbocycles. The van der Waals surface area contributed by atoms with E-state index < -0.39 is 16.0 Å². The summed E-state index contributed by atoms with van der Waals surface area (Å²) in [5.41, 5.74) is 2.61. The second-order valence-corrected chi connectivity index (χ2v) is 10.4. The Labute approximate surface area is 189 Å². The molecule has 0 saturated carbocycles. The molecule has 0 bridgehead atoms. The number of esters is 1. The van der Waals surface area contributed by atoms with Gasteiger partial charge < -0.3 is 4.74 Å². The van der Waals surface area contributed by atoms with Gasteiger partial charge in [0.25, 0.3) is 10.0 Å². The average Bonchev–Trinajstić information content (AvgIpc) is 3.40. The van der Waals surface area contributed by atoms with Crippen LogP contribution in [-0.2, 0) is 14.8 Å². The van der Waals surface area contributed by atoms with Gasteiger partial charge in [0, 0.05) is 26.7 Å². The molecule has 2 aromatic heterocycles. The predicted molar refractivity (Wildman–Crippen MR) is 128 cm³/mol. The molecule has 0 amide bonds. The molecule has 0 atom stereocenters. The molecule has 0 aliphatic heterocycles. The zero-order valence-corrected chi connectivity index (χ0v) is 19.0. The van der Waals surface area contributed by atoms with Crippen LogP contribution < -0.4 is 0 Å². The molecular formula is C25H19NO4S2. The molecule has 0 N–H and O–H groups in total. The maximum absolute atomic E-state index is 13.5. The van der Waals surface area contributed by atoms with Crippen molar-refractivity contribution in [1.29, 1.82) is 0 Å². The summed E-state index contributed by atoms with van der Waals surface area (Å²) in [5.74, 6) is -0.469. The number of aryl methyl sites for hydroxylation is 1. The van der Waals surface area contributed by atoms with Crippen molar-refractivity contribution in [3.63, 3.8) is 0 Å². The van der Waals surface area contributed by atoms with Crippen molar-refractivity contribution in [2.24, 2.45) is 0 Å². The maximum Gasteiger partial charge on any atom is 0.337 e. The summed E-state index contributed by atoms with van der Waals surface area (Å²) >= 11 is 1.58.